The van der Waals surface area contributed by atoms with E-state index in [4.69, 9.17) is 9.84 Å². The van der Waals surface area contributed by atoms with Gasteiger partial charge in [0.05, 0.1) is 7.11 Å². The fraction of sp³-hybridized carbons (Fsp3) is 0.286. The Labute approximate surface area is 126 Å². The van der Waals surface area contributed by atoms with E-state index in [2.05, 4.69) is 31.2 Å². The first-order valence-corrected chi connectivity index (χ1v) is 6.93. The molecule has 0 aliphatic rings. The highest BCUT2D eigenvalue weighted by Gasteiger charge is 2.03. The number of aliphatic hydroxyl groups excluding tert-OH is 1. The summed E-state index contributed by atoms with van der Waals surface area (Å²) in [6, 6.07) is 7.71. The number of rotatable bonds is 5. The van der Waals surface area contributed by atoms with Crippen LogP contribution in [0.25, 0.3) is 0 Å². The van der Waals surface area contributed by atoms with E-state index in [0.29, 0.717) is 18.2 Å². The molecule has 1 aromatic carbocycles. The van der Waals surface area contributed by atoms with Gasteiger partial charge in [-0.25, -0.2) is 9.97 Å². The van der Waals surface area contributed by atoms with Crippen molar-refractivity contribution in [1.82, 2.24) is 9.97 Å². The summed E-state index contributed by atoms with van der Waals surface area (Å²) < 4.78 is 6.19. The van der Waals surface area contributed by atoms with Gasteiger partial charge in [0.1, 0.15) is 18.2 Å². The summed E-state index contributed by atoms with van der Waals surface area (Å²) in [5.41, 5.74) is 1.89. The van der Waals surface area contributed by atoms with Gasteiger partial charge in [-0.15, -0.1) is 0 Å². The second-order valence-electron chi connectivity index (χ2n) is 4.32. The molecule has 0 amide bonds. The lowest BCUT2D eigenvalue weighted by Crippen LogP contribution is -2.05. The van der Waals surface area contributed by atoms with E-state index in [0.717, 1.165) is 21.5 Å². The molecule has 2 N–H and O–H groups in total. The molecule has 0 aliphatic heterocycles. The predicted molar refractivity (Wildman–Crippen MR) is 80.7 cm³/mol. The van der Waals surface area contributed by atoms with Gasteiger partial charge in [0, 0.05) is 22.8 Å². The number of halogens is 1. The molecular weight excluding hydrogens is 322 g/mol. The molecule has 5 nitrogen and oxygen atoms in total. The van der Waals surface area contributed by atoms with E-state index in [1.165, 1.54) is 0 Å². The van der Waals surface area contributed by atoms with E-state index < -0.39 is 0 Å². The lowest BCUT2D eigenvalue weighted by atomic mass is 10.2. The summed E-state index contributed by atoms with van der Waals surface area (Å²) >= 11 is 3.45. The van der Waals surface area contributed by atoms with Crippen molar-refractivity contribution in [3.8, 4) is 5.75 Å². The van der Waals surface area contributed by atoms with Gasteiger partial charge in [0.2, 0.25) is 0 Å². The third-order valence-corrected chi connectivity index (χ3v) is 3.14. The maximum atomic E-state index is 9.10. The quantitative estimate of drug-likeness (QED) is 0.877. The first kappa shape index (κ1) is 14.7. The van der Waals surface area contributed by atoms with Gasteiger partial charge in [-0.3, -0.25) is 0 Å². The second-order valence-corrected chi connectivity index (χ2v) is 5.24. The Morgan fingerprint density at radius 3 is 2.75 bits per heavy atom. The molecule has 0 fully saturated rings. The third kappa shape index (κ3) is 3.91. The van der Waals surface area contributed by atoms with E-state index in [-0.39, 0.29) is 6.61 Å². The van der Waals surface area contributed by atoms with Crippen LogP contribution in [0, 0.1) is 6.92 Å². The van der Waals surface area contributed by atoms with Crippen molar-refractivity contribution in [3.63, 3.8) is 0 Å². The van der Waals surface area contributed by atoms with Gasteiger partial charge in [-0.05, 0) is 30.7 Å². The summed E-state index contributed by atoms with van der Waals surface area (Å²) in [6.45, 7) is 2.31. The predicted octanol–water partition coefficient (Wildman–Crippen LogP) is 2.66. The number of aliphatic hydroxyl groups is 1. The highest BCUT2D eigenvalue weighted by molar-refractivity contribution is 9.10. The largest absolute Gasteiger partial charge is 0.497 e. The van der Waals surface area contributed by atoms with Crippen molar-refractivity contribution in [1.29, 1.82) is 0 Å². The number of hydrogen-bond donors (Lipinski definition) is 2. The highest BCUT2D eigenvalue weighted by atomic mass is 79.9. The molecule has 0 spiro atoms. The number of aromatic nitrogens is 2. The fourth-order valence-corrected chi connectivity index (χ4v) is 2.34. The Morgan fingerprint density at radius 1 is 1.25 bits per heavy atom. The molecular formula is C14H16BrN3O2. The molecule has 6 heteroatoms. The van der Waals surface area contributed by atoms with Gasteiger partial charge < -0.3 is 15.2 Å². The van der Waals surface area contributed by atoms with Crippen molar-refractivity contribution in [3.05, 3.63) is 45.8 Å². The molecule has 0 aliphatic carbocycles. The maximum Gasteiger partial charge on any atom is 0.156 e. The molecule has 2 rings (SSSR count). The van der Waals surface area contributed by atoms with Crippen LogP contribution in [-0.4, -0.2) is 22.2 Å². The molecule has 0 saturated heterocycles. The first-order chi connectivity index (χ1) is 9.60. The Kier molecular flexibility index (Phi) is 4.92. The van der Waals surface area contributed by atoms with Crippen LogP contribution >= 0.6 is 15.9 Å². The number of aryl methyl sites for hydroxylation is 1. The Morgan fingerprint density at radius 2 is 2.05 bits per heavy atom. The third-order valence-electron chi connectivity index (χ3n) is 2.68. The minimum absolute atomic E-state index is 0.166. The maximum absolute atomic E-state index is 9.10. The molecule has 0 unspecified atom stereocenters. The molecule has 0 atom stereocenters. The lowest BCUT2D eigenvalue weighted by molar-refractivity contribution is 0.271. The number of methoxy groups -OCH3 is 1. The number of hydrogen-bond acceptors (Lipinski definition) is 5. The normalized spacial score (nSPS) is 10.4. The first-order valence-electron chi connectivity index (χ1n) is 6.13. The topological polar surface area (TPSA) is 67.3 Å². The molecule has 0 radical (unpaired) electrons. The van der Waals surface area contributed by atoms with E-state index in [1.807, 2.05) is 31.2 Å². The molecule has 0 bridgehead atoms. The SMILES string of the molecule is COc1cc(Br)cc(CNc2cc(C)nc(CO)n2)c1. The zero-order chi connectivity index (χ0) is 14.5. The van der Waals surface area contributed by atoms with Crippen LogP contribution in [0.15, 0.2) is 28.7 Å². The second kappa shape index (κ2) is 6.67. The number of anilines is 1. The molecule has 106 valence electrons. The van der Waals surface area contributed by atoms with Gasteiger partial charge in [0.25, 0.3) is 0 Å². The minimum Gasteiger partial charge on any atom is -0.497 e. The van der Waals surface area contributed by atoms with Crippen LogP contribution in [0.1, 0.15) is 17.1 Å². The summed E-state index contributed by atoms with van der Waals surface area (Å²) in [6.07, 6.45) is 0. The molecule has 1 heterocycles. The van der Waals surface area contributed by atoms with E-state index >= 15 is 0 Å². The van der Waals surface area contributed by atoms with Crippen LogP contribution < -0.4 is 10.1 Å². The smallest absolute Gasteiger partial charge is 0.156 e. The number of nitrogens with zero attached hydrogens (tertiary/aromatic N) is 2. The van der Waals surface area contributed by atoms with Crippen LogP contribution in [0.3, 0.4) is 0 Å². The van der Waals surface area contributed by atoms with Gasteiger partial charge in [0.15, 0.2) is 5.82 Å². The summed E-state index contributed by atoms with van der Waals surface area (Å²) in [7, 11) is 1.64. The minimum atomic E-state index is -0.166. The van der Waals surface area contributed by atoms with Crippen molar-refractivity contribution in [2.24, 2.45) is 0 Å². The Balaban J connectivity index is 2.12. The van der Waals surface area contributed by atoms with Crippen molar-refractivity contribution < 1.29 is 9.84 Å². The van der Waals surface area contributed by atoms with Gasteiger partial charge in [-0.2, -0.15) is 0 Å². The standard InChI is InChI=1S/C14H16BrN3O2/c1-9-3-13(18-14(8-19)17-9)16-7-10-4-11(15)6-12(5-10)20-2/h3-6,19H,7-8H2,1-2H3,(H,16,17,18). The number of ether oxygens (including phenoxy) is 1. The highest BCUT2D eigenvalue weighted by Crippen LogP contribution is 2.21. The van der Waals surface area contributed by atoms with Crippen LogP contribution in [0.2, 0.25) is 0 Å². The average molecular weight is 338 g/mol. The van der Waals surface area contributed by atoms with Crippen molar-refractivity contribution in [2.75, 3.05) is 12.4 Å². The summed E-state index contributed by atoms with van der Waals surface area (Å²) in [5.74, 6) is 1.91. The fourth-order valence-electron chi connectivity index (χ4n) is 1.82. The van der Waals surface area contributed by atoms with Gasteiger partial charge in [-0.1, -0.05) is 15.9 Å². The van der Waals surface area contributed by atoms with Gasteiger partial charge >= 0.3 is 0 Å². The van der Waals surface area contributed by atoms with Crippen LogP contribution in [0.4, 0.5) is 5.82 Å². The number of benzene rings is 1. The molecule has 0 saturated carbocycles. The summed E-state index contributed by atoms with van der Waals surface area (Å²) in [5, 5.41) is 12.3. The Hall–Kier alpha value is -1.66. The summed E-state index contributed by atoms with van der Waals surface area (Å²) in [4.78, 5) is 8.34. The van der Waals surface area contributed by atoms with E-state index in [1.54, 1.807) is 7.11 Å². The van der Waals surface area contributed by atoms with Crippen molar-refractivity contribution >= 4 is 21.7 Å². The molecule has 2 aromatic rings. The average Bonchev–Trinajstić information content (AvgIpc) is 2.44. The zero-order valence-electron chi connectivity index (χ0n) is 11.4. The van der Waals surface area contributed by atoms with Crippen LogP contribution in [-0.2, 0) is 13.2 Å². The number of nitrogens with one attached hydrogen (secondary N) is 1. The molecule has 1 aromatic heterocycles. The van der Waals surface area contributed by atoms with Crippen molar-refractivity contribution in [2.45, 2.75) is 20.1 Å². The Bertz CT molecular complexity index is 551. The zero-order valence-corrected chi connectivity index (χ0v) is 12.9. The molecule has 20 heavy (non-hydrogen) atoms. The van der Waals surface area contributed by atoms with E-state index in [9.17, 15) is 0 Å². The monoisotopic (exact) mass is 337 g/mol. The lowest BCUT2D eigenvalue weighted by Gasteiger charge is -2.09. The van der Waals surface area contributed by atoms with Crippen LogP contribution in [0.5, 0.6) is 5.75 Å².